The van der Waals surface area contributed by atoms with Crippen molar-refractivity contribution in [2.24, 2.45) is 5.41 Å². The number of hydrogen-bond acceptors (Lipinski definition) is 0. The van der Waals surface area contributed by atoms with Gasteiger partial charge in [0.25, 0.3) is 0 Å². The first-order chi connectivity index (χ1) is 6.69. The fraction of sp³-hybridized carbons (Fsp3) is 0.385. The normalized spacial score (nSPS) is 26.7. The van der Waals surface area contributed by atoms with Gasteiger partial charge in [0.2, 0.25) is 0 Å². The van der Waals surface area contributed by atoms with Crippen LogP contribution in [0.1, 0.15) is 26.7 Å². The zero-order chi connectivity index (χ0) is 9.76. The third-order valence-corrected chi connectivity index (χ3v) is 7.32. The molecule has 0 unspecified atom stereocenters. The Hall–Kier alpha value is -0.157. The molecule has 14 heavy (non-hydrogen) atoms. The van der Waals surface area contributed by atoms with Crippen molar-refractivity contribution >= 4 is 0 Å². The van der Waals surface area contributed by atoms with Crippen molar-refractivity contribution in [2.75, 3.05) is 0 Å². The van der Waals surface area contributed by atoms with E-state index in [0.29, 0.717) is 5.41 Å². The Morgan fingerprint density at radius 1 is 1.00 bits per heavy atom. The van der Waals surface area contributed by atoms with Crippen LogP contribution in [0.25, 0.3) is 0 Å². The summed E-state index contributed by atoms with van der Waals surface area (Å²) in [5, 5.41) is 0. The molecule has 3 aliphatic rings. The minimum absolute atomic E-state index is 0.309. The maximum atomic E-state index is 2.39. The maximum absolute atomic E-state index is 2.39. The average Bonchev–Trinajstić information content (AvgIpc) is 2.71. The third kappa shape index (κ3) is 1.08. The second kappa shape index (κ2) is 2.92. The molecule has 0 saturated heterocycles. The van der Waals surface area contributed by atoms with E-state index in [1.165, 1.54) is 12.8 Å². The molecule has 0 radical (unpaired) electrons. The summed E-state index contributed by atoms with van der Waals surface area (Å²) < 4.78 is 3.67. The Bertz CT molecular complexity index is 379. The van der Waals surface area contributed by atoms with Gasteiger partial charge in [-0.3, -0.25) is 0 Å². The molecule has 0 aromatic carbocycles. The van der Waals surface area contributed by atoms with Crippen LogP contribution in [-0.2, 0) is 23.2 Å². The van der Waals surface area contributed by atoms with Crippen LogP contribution in [0.3, 0.4) is 0 Å². The van der Waals surface area contributed by atoms with Gasteiger partial charge < -0.3 is 0 Å². The first-order valence-corrected chi connectivity index (χ1v) is 7.73. The van der Waals surface area contributed by atoms with Gasteiger partial charge in [0.1, 0.15) is 0 Å². The zero-order valence-electron chi connectivity index (χ0n) is 8.72. The van der Waals surface area contributed by atoms with E-state index in [-0.39, 0.29) is 23.2 Å². The molecule has 1 heterocycles. The van der Waals surface area contributed by atoms with Gasteiger partial charge in [-0.15, -0.1) is 0 Å². The molecule has 0 nitrogen and oxygen atoms in total. The summed E-state index contributed by atoms with van der Waals surface area (Å²) in [6.07, 6.45) is 12.0. The standard InChI is InChI=1S/C13H14.Zr/c1-13(2,11-7-3-4-8-11)12-9-5-6-10-12;/h3,5,7,9H,4,6H2,1-2H3;. The Morgan fingerprint density at radius 3 is 2.00 bits per heavy atom. The molecule has 0 aromatic heterocycles. The summed E-state index contributed by atoms with van der Waals surface area (Å²) in [5.74, 6) is 0. The van der Waals surface area contributed by atoms with Crippen LogP contribution in [0, 0.1) is 5.41 Å². The molecule has 3 rings (SSSR count). The van der Waals surface area contributed by atoms with Gasteiger partial charge in [-0.05, 0) is 0 Å². The molecule has 0 spiro atoms. The van der Waals surface area contributed by atoms with Crippen LogP contribution in [0.2, 0.25) is 0 Å². The quantitative estimate of drug-likeness (QED) is 0.626. The minimum atomic E-state index is -0.359. The zero-order valence-corrected chi connectivity index (χ0v) is 11.2. The summed E-state index contributed by atoms with van der Waals surface area (Å²) in [6.45, 7) is 4.78. The van der Waals surface area contributed by atoms with E-state index in [2.05, 4.69) is 38.2 Å². The van der Waals surface area contributed by atoms with Gasteiger partial charge in [0.05, 0.1) is 0 Å². The SMILES string of the molecule is CC1(C)C2=[C](CC=C2)[Zr][C]2=C1C=CC2. The van der Waals surface area contributed by atoms with Crippen molar-refractivity contribution in [3.8, 4) is 0 Å². The van der Waals surface area contributed by atoms with E-state index in [0.717, 1.165) is 0 Å². The van der Waals surface area contributed by atoms with Crippen LogP contribution in [-0.4, -0.2) is 0 Å². The van der Waals surface area contributed by atoms with Crippen LogP contribution in [0.4, 0.5) is 0 Å². The molecule has 0 aromatic rings. The third-order valence-electron chi connectivity index (χ3n) is 3.51. The first kappa shape index (κ1) is 9.10. The molecule has 0 saturated carbocycles. The van der Waals surface area contributed by atoms with E-state index in [1.54, 1.807) is 11.1 Å². The second-order valence-electron chi connectivity index (χ2n) is 4.75. The summed E-state index contributed by atoms with van der Waals surface area (Å²) >= 11 is -0.359. The summed E-state index contributed by atoms with van der Waals surface area (Å²) in [6, 6.07) is 0. The molecule has 0 N–H and O–H groups in total. The van der Waals surface area contributed by atoms with Crippen molar-refractivity contribution in [3.05, 3.63) is 42.0 Å². The summed E-state index contributed by atoms with van der Waals surface area (Å²) in [7, 11) is 0. The number of rotatable bonds is 0. The van der Waals surface area contributed by atoms with Gasteiger partial charge in [0, 0.05) is 0 Å². The predicted molar refractivity (Wildman–Crippen MR) is 55.3 cm³/mol. The molecule has 2 aliphatic carbocycles. The molecule has 0 atom stereocenters. The van der Waals surface area contributed by atoms with E-state index in [1.807, 2.05) is 6.56 Å². The van der Waals surface area contributed by atoms with Crippen molar-refractivity contribution in [1.29, 1.82) is 0 Å². The van der Waals surface area contributed by atoms with Gasteiger partial charge in [-0.2, -0.15) is 0 Å². The van der Waals surface area contributed by atoms with Crippen molar-refractivity contribution in [2.45, 2.75) is 26.7 Å². The molecule has 0 bridgehead atoms. The topological polar surface area (TPSA) is 0 Å². The van der Waals surface area contributed by atoms with Crippen molar-refractivity contribution in [1.82, 2.24) is 0 Å². The second-order valence-corrected chi connectivity index (χ2v) is 8.33. The van der Waals surface area contributed by atoms with Gasteiger partial charge >= 0.3 is 97.4 Å². The Balaban J connectivity index is 2.14. The first-order valence-electron chi connectivity index (χ1n) is 5.27. The van der Waals surface area contributed by atoms with Crippen molar-refractivity contribution in [3.63, 3.8) is 0 Å². The van der Waals surface area contributed by atoms with Crippen LogP contribution >= 0.6 is 0 Å². The molecule has 1 heteroatoms. The average molecular weight is 261 g/mol. The van der Waals surface area contributed by atoms with Crippen LogP contribution < -0.4 is 0 Å². The fourth-order valence-electron chi connectivity index (χ4n) is 2.75. The Morgan fingerprint density at radius 2 is 1.50 bits per heavy atom. The van der Waals surface area contributed by atoms with Crippen LogP contribution in [0.15, 0.2) is 42.0 Å². The molecule has 0 fully saturated rings. The van der Waals surface area contributed by atoms with Crippen molar-refractivity contribution < 1.29 is 23.2 Å². The Labute approximate surface area is 97.0 Å². The van der Waals surface area contributed by atoms with Gasteiger partial charge in [-0.1, -0.05) is 0 Å². The van der Waals surface area contributed by atoms with E-state index in [4.69, 9.17) is 0 Å². The monoisotopic (exact) mass is 260 g/mol. The Kier molecular flexibility index (Phi) is 1.90. The number of hydrogen-bond donors (Lipinski definition) is 0. The van der Waals surface area contributed by atoms with Gasteiger partial charge in [-0.25, -0.2) is 0 Å². The van der Waals surface area contributed by atoms with E-state index >= 15 is 0 Å². The number of allylic oxidation sites excluding steroid dienone is 8. The summed E-state index contributed by atoms with van der Waals surface area (Å²) in [5.41, 5.74) is 3.63. The van der Waals surface area contributed by atoms with Gasteiger partial charge in [0.15, 0.2) is 0 Å². The molecular formula is C13H14Zr. The van der Waals surface area contributed by atoms with Crippen LogP contribution in [0.5, 0.6) is 0 Å². The predicted octanol–water partition coefficient (Wildman–Crippen LogP) is 3.54. The molecule has 1 aliphatic heterocycles. The molecule has 70 valence electrons. The molecule has 0 amide bonds. The molecular weight excluding hydrogens is 247 g/mol. The summed E-state index contributed by atoms with van der Waals surface area (Å²) in [4.78, 5) is 0. The van der Waals surface area contributed by atoms with E-state index in [9.17, 15) is 0 Å². The van der Waals surface area contributed by atoms with E-state index < -0.39 is 0 Å². The fourth-order valence-corrected chi connectivity index (χ4v) is 7.33.